The van der Waals surface area contributed by atoms with E-state index in [1.807, 2.05) is 36.0 Å². The van der Waals surface area contributed by atoms with Crippen LogP contribution < -0.4 is 57.3 Å². The number of hydrogen-bond acceptors (Lipinski definition) is 6. The first-order chi connectivity index (χ1) is 43.1. The van der Waals surface area contributed by atoms with Crippen LogP contribution in [0.3, 0.4) is 0 Å². The van der Waals surface area contributed by atoms with Crippen molar-refractivity contribution in [2.24, 2.45) is 0 Å². The largest absolute Gasteiger partial charge is 0.311 e. The van der Waals surface area contributed by atoms with Gasteiger partial charge in [0.15, 0.2) is 0 Å². The van der Waals surface area contributed by atoms with E-state index in [4.69, 9.17) is 0 Å². The van der Waals surface area contributed by atoms with E-state index in [0.717, 1.165) is 107 Å². The molecule has 0 N–H and O–H groups in total. The van der Waals surface area contributed by atoms with Crippen molar-refractivity contribution < 1.29 is 4.39 Å². The molecule has 0 unspecified atom stereocenters. The third-order valence-electron chi connectivity index (χ3n) is 17.6. The number of halogens is 1. The molecule has 0 saturated heterocycles. The van der Waals surface area contributed by atoms with E-state index >= 15 is 4.39 Å². The summed E-state index contributed by atoms with van der Waals surface area (Å²) in [6, 6.07) is 112. The van der Waals surface area contributed by atoms with Crippen molar-refractivity contribution in [3.05, 3.63) is 321 Å². The lowest BCUT2D eigenvalue weighted by Gasteiger charge is -2.46. The molecular formula is C78H52B2FN5S. The zero-order valence-electron chi connectivity index (χ0n) is 47.2. The van der Waals surface area contributed by atoms with Crippen molar-refractivity contribution in [3.63, 3.8) is 0 Å². The van der Waals surface area contributed by atoms with Crippen molar-refractivity contribution in [3.8, 4) is 11.1 Å². The Labute approximate surface area is 511 Å². The summed E-state index contributed by atoms with van der Waals surface area (Å²) in [6.07, 6.45) is 0. The minimum atomic E-state index is -0.312. The number of hydrogen-bond donors (Lipinski definition) is 0. The van der Waals surface area contributed by atoms with Crippen molar-refractivity contribution in [1.82, 2.24) is 0 Å². The summed E-state index contributed by atoms with van der Waals surface area (Å²) in [4.78, 5) is 14.2. The summed E-state index contributed by atoms with van der Waals surface area (Å²) >= 11 is 1.82. The third-order valence-corrected chi connectivity index (χ3v) is 18.8. The average molecular weight is 1130 g/mol. The maximum Gasteiger partial charge on any atom is 0.252 e. The van der Waals surface area contributed by atoms with E-state index in [9.17, 15) is 0 Å². The van der Waals surface area contributed by atoms with Crippen LogP contribution in [0.5, 0.6) is 0 Å². The van der Waals surface area contributed by atoms with Crippen LogP contribution in [-0.4, -0.2) is 13.4 Å². The molecule has 0 atom stereocenters. The molecule has 0 bridgehead atoms. The van der Waals surface area contributed by atoms with E-state index in [2.05, 4.69) is 310 Å². The van der Waals surface area contributed by atoms with Crippen LogP contribution in [0.2, 0.25) is 0 Å². The van der Waals surface area contributed by atoms with Gasteiger partial charge in [0.2, 0.25) is 6.71 Å². The summed E-state index contributed by atoms with van der Waals surface area (Å²) in [5, 5.41) is 0. The fourth-order valence-electron chi connectivity index (χ4n) is 14.1. The van der Waals surface area contributed by atoms with Gasteiger partial charge in [-0.05, 0) is 154 Å². The van der Waals surface area contributed by atoms with E-state index in [1.54, 1.807) is 6.07 Å². The summed E-state index contributed by atoms with van der Waals surface area (Å²) in [5.41, 5.74) is 23.8. The molecule has 0 radical (unpaired) electrons. The van der Waals surface area contributed by atoms with Crippen molar-refractivity contribution >= 4 is 143 Å². The molecule has 0 aromatic heterocycles. The Morgan fingerprint density at radius 3 is 1.21 bits per heavy atom. The lowest BCUT2D eigenvalue weighted by Crippen LogP contribution is -2.64. The molecule has 4 aliphatic rings. The van der Waals surface area contributed by atoms with Crippen molar-refractivity contribution in [1.29, 1.82) is 0 Å². The molecule has 4 aliphatic heterocycles. The zero-order valence-corrected chi connectivity index (χ0v) is 48.0. The van der Waals surface area contributed by atoms with E-state index in [1.165, 1.54) is 26.7 Å². The molecule has 13 aromatic rings. The number of benzene rings is 13. The standard InChI is InChI=1S/C78H52B2FN5S/c81-67-44-26-41-62(53-27-8-1-9-28-53)78(67)86-70-52-74-66(80-64-43-23-25-46-69(64)85(59-39-20-7-21-40-59)73-49-61(50-75(87-74)77(73)80)83(56-33-14-4-15-34-56)57-35-16-5-17-36-57)51-65(70)79-63-42-22-24-45-68(63)84(58-37-18-6-19-38-58)71-47-60(48-72(86)76(71)79)82(54-29-10-2-11-30-54)55-31-12-3-13-32-55/h1-52H. The SMILES string of the molecule is Fc1cccc(-c2ccccc2)c1N1c2cc3c(cc2B2c4ccccc4N(c4ccccc4)c4cc(N(c5ccccc5)c5ccccc5)cc1c42)B1c2ccccc2N(c2ccccc2)c2cc(N(c4ccccc4)c4ccccc4)cc(c21)S3. The topological polar surface area (TPSA) is 16.2 Å². The maximum absolute atomic E-state index is 18.3. The fourth-order valence-corrected chi connectivity index (χ4v) is 15.3. The normalized spacial score (nSPS) is 13.0. The Morgan fingerprint density at radius 1 is 0.287 bits per heavy atom. The van der Waals surface area contributed by atoms with Crippen LogP contribution in [0.4, 0.5) is 89.7 Å². The fraction of sp³-hybridized carbons (Fsp3) is 0. The molecule has 9 heteroatoms. The molecule has 0 spiro atoms. The quantitative estimate of drug-likeness (QED) is 0.126. The minimum Gasteiger partial charge on any atom is -0.311 e. The number of nitrogens with zero attached hydrogens (tertiary/aromatic N) is 5. The first-order valence-corrected chi connectivity index (χ1v) is 30.5. The van der Waals surface area contributed by atoms with Gasteiger partial charge in [-0.2, -0.15) is 0 Å². The number of rotatable bonds is 10. The summed E-state index contributed by atoms with van der Waals surface area (Å²) < 4.78 is 18.3. The van der Waals surface area contributed by atoms with Crippen LogP contribution in [-0.2, 0) is 0 Å². The van der Waals surface area contributed by atoms with Crippen molar-refractivity contribution in [2.45, 2.75) is 9.79 Å². The van der Waals surface area contributed by atoms with Crippen molar-refractivity contribution in [2.75, 3.05) is 24.5 Å². The smallest absolute Gasteiger partial charge is 0.252 e. The molecule has 4 heterocycles. The van der Waals surface area contributed by atoms with E-state index in [-0.39, 0.29) is 19.2 Å². The van der Waals surface area contributed by atoms with E-state index < -0.39 is 0 Å². The molecule has 408 valence electrons. The summed E-state index contributed by atoms with van der Waals surface area (Å²) in [6.45, 7) is -0.414. The Bertz CT molecular complexity index is 4700. The highest BCUT2D eigenvalue weighted by Gasteiger charge is 2.48. The monoisotopic (exact) mass is 1130 g/mol. The average Bonchev–Trinajstić information content (AvgIpc) is 0.760. The van der Waals surface area contributed by atoms with Crippen LogP contribution in [0.1, 0.15) is 0 Å². The lowest BCUT2D eigenvalue weighted by atomic mass is 9.31. The van der Waals surface area contributed by atoms with Gasteiger partial charge < -0.3 is 24.5 Å². The predicted molar refractivity (Wildman–Crippen MR) is 365 cm³/mol. The number of para-hydroxylation sites is 9. The zero-order chi connectivity index (χ0) is 57.5. The minimum absolute atomic E-state index is 0.154. The molecule has 0 saturated carbocycles. The van der Waals surface area contributed by atoms with Crippen LogP contribution >= 0.6 is 11.8 Å². The van der Waals surface area contributed by atoms with Gasteiger partial charge in [-0.3, -0.25) is 0 Å². The van der Waals surface area contributed by atoms with Gasteiger partial charge in [0, 0.05) is 89.3 Å². The van der Waals surface area contributed by atoms with E-state index in [0.29, 0.717) is 5.69 Å². The highest BCUT2D eigenvalue weighted by atomic mass is 32.2. The van der Waals surface area contributed by atoms with Gasteiger partial charge in [0.05, 0.1) is 11.4 Å². The van der Waals surface area contributed by atoms with Gasteiger partial charge in [-0.15, -0.1) is 0 Å². The Hall–Kier alpha value is -10.7. The van der Waals surface area contributed by atoms with Crippen LogP contribution in [0.25, 0.3) is 11.1 Å². The highest BCUT2D eigenvalue weighted by Crippen LogP contribution is 2.53. The highest BCUT2D eigenvalue weighted by molar-refractivity contribution is 8.00. The Morgan fingerprint density at radius 2 is 0.701 bits per heavy atom. The lowest BCUT2D eigenvalue weighted by molar-refractivity contribution is 0.629. The molecule has 13 aromatic carbocycles. The van der Waals surface area contributed by atoms with Gasteiger partial charge in [0.1, 0.15) is 5.82 Å². The summed E-state index contributed by atoms with van der Waals surface area (Å²) in [7, 11) is 0. The van der Waals surface area contributed by atoms with Gasteiger partial charge in [-0.25, -0.2) is 4.39 Å². The second kappa shape index (κ2) is 20.8. The number of fused-ring (bicyclic) bond motifs is 8. The Balaban J connectivity index is 0.982. The Kier molecular flexibility index (Phi) is 12.1. The molecule has 17 rings (SSSR count). The molecule has 0 fully saturated rings. The second-order valence-electron chi connectivity index (χ2n) is 22.5. The van der Waals surface area contributed by atoms with Crippen LogP contribution in [0.15, 0.2) is 325 Å². The first kappa shape index (κ1) is 50.8. The molecular weight excluding hydrogens is 1080 g/mol. The predicted octanol–water partition coefficient (Wildman–Crippen LogP) is 17.3. The first-order valence-electron chi connectivity index (χ1n) is 29.7. The number of anilines is 15. The van der Waals surface area contributed by atoms with Gasteiger partial charge in [0.25, 0.3) is 6.71 Å². The maximum atomic E-state index is 18.3. The molecule has 0 amide bonds. The summed E-state index contributed by atoms with van der Waals surface area (Å²) in [5.74, 6) is -0.312. The van der Waals surface area contributed by atoms with Crippen LogP contribution in [0, 0.1) is 5.82 Å². The molecule has 87 heavy (non-hydrogen) atoms. The third kappa shape index (κ3) is 8.25. The molecule has 5 nitrogen and oxygen atoms in total. The second-order valence-corrected chi connectivity index (χ2v) is 23.6. The van der Waals surface area contributed by atoms with Gasteiger partial charge in [-0.1, -0.05) is 211 Å². The van der Waals surface area contributed by atoms with Gasteiger partial charge >= 0.3 is 0 Å². The molecule has 0 aliphatic carbocycles.